The summed E-state index contributed by atoms with van der Waals surface area (Å²) in [6, 6.07) is 2.49. The van der Waals surface area contributed by atoms with Crippen molar-refractivity contribution >= 4 is 17.4 Å². The number of alkyl halides is 1. The minimum Gasteiger partial charge on any atom is -0.478 e. The van der Waals surface area contributed by atoms with Gasteiger partial charge in [-0.05, 0) is 19.3 Å². The van der Waals surface area contributed by atoms with Crippen LogP contribution in [-0.4, -0.2) is 35.0 Å². The smallest absolute Gasteiger partial charge is 0.218 e. The van der Waals surface area contributed by atoms with Gasteiger partial charge in [-0.1, -0.05) is 26.2 Å². The molecule has 5 heteroatoms. The molecule has 0 saturated heterocycles. The van der Waals surface area contributed by atoms with Crippen LogP contribution < -0.4 is 9.64 Å². The summed E-state index contributed by atoms with van der Waals surface area (Å²) in [7, 11) is 0. The molecule has 1 aliphatic carbocycles. The predicted molar refractivity (Wildman–Crippen MR) is 82.8 cm³/mol. The number of ether oxygens (including phenoxy) is 1. The monoisotopic (exact) mass is 297 g/mol. The fourth-order valence-electron chi connectivity index (χ4n) is 2.74. The van der Waals surface area contributed by atoms with Crippen LogP contribution in [0.5, 0.6) is 5.88 Å². The molecule has 0 spiro atoms. The maximum Gasteiger partial charge on any atom is 0.218 e. The standard InChI is InChI=1S/C15H24ClN3O/c1-2-10-20-15-11-14(17-12-18-15)19(9-8-16)13-6-4-3-5-7-13/h11-13H,2-10H2,1H3. The van der Waals surface area contributed by atoms with Gasteiger partial charge in [0, 0.05) is 24.5 Å². The number of anilines is 1. The van der Waals surface area contributed by atoms with E-state index in [0.717, 1.165) is 18.8 Å². The van der Waals surface area contributed by atoms with Crippen LogP contribution in [0.25, 0.3) is 0 Å². The van der Waals surface area contributed by atoms with Gasteiger partial charge in [0.05, 0.1) is 6.61 Å². The van der Waals surface area contributed by atoms with Crippen molar-refractivity contribution in [3.63, 3.8) is 0 Å². The molecule has 0 bridgehead atoms. The SMILES string of the molecule is CCCOc1cc(N(CCCl)C2CCCCC2)ncn1. The number of aromatic nitrogens is 2. The molecule has 1 fully saturated rings. The predicted octanol–water partition coefficient (Wildman–Crippen LogP) is 3.64. The van der Waals surface area contributed by atoms with Gasteiger partial charge in [0.1, 0.15) is 12.1 Å². The molecule has 0 unspecified atom stereocenters. The lowest BCUT2D eigenvalue weighted by atomic mass is 9.94. The Morgan fingerprint density at radius 1 is 1.30 bits per heavy atom. The van der Waals surface area contributed by atoms with E-state index in [4.69, 9.17) is 16.3 Å². The number of nitrogens with zero attached hydrogens (tertiary/aromatic N) is 3. The molecule has 1 heterocycles. The lowest BCUT2D eigenvalue weighted by molar-refractivity contribution is 0.304. The van der Waals surface area contributed by atoms with Crippen LogP contribution in [-0.2, 0) is 0 Å². The summed E-state index contributed by atoms with van der Waals surface area (Å²) >= 11 is 5.97. The lowest BCUT2D eigenvalue weighted by Crippen LogP contribution is -2.38. The van der Waals surface area contributed by atoms with Crippen molar-refractivity contribution in [3.8, 4) is 5.88 Å². The number of rotatable bonds is 7. The third kappa shape index (κ3) is 4.23. The Labute approximate surface area is 126 Å². The second kappa shape index (κ2) is 8.30. The van der Waals surface area contributed by atoms with Crippen LogP contribution in [0.4, 0.5) is 5.82 Å². The van der Waals surface area contributed by atoms with Crippen molar-refractivity contribution in [1.82, 2.24) is 9.97 Å². The Balaban J connectivity index is 2.10. The van der Waals surface area contributed by atoms with Crippen LogP contribution >= 0.6 is 11.6 Å². The Morgan fingerprint density at radius 3 is 2.80 bits per heavy atom. The van der Waals surface area contributed by atoms with Crippen molar-refractivity contribution in [2.24, 2.45) is 0 Å². The molecule has 20 heavy (non-hydrogen) atoms. The quantitative estimate of drug-likeness (QED) is 0.720. The minimum absolute atomic E-state index is 0.552. The third-order valence-electron chi connectivity index (χ3n) is 3.72. The van der Waals surface area contributed by atoms with Crippen molar-refractivity contribution < 1.29 is 4.74 Å². The highest BCUT2D eigenvalue weighted by molar-refractivity contribution is 6.18. The highest BCUT2D eigenvalue weighted by atomic mass is 35.5. The topological polar surface area (TPSA) is 38.2 Å². The highest BCUT2D eigenvalue weighted by Gasteiger charge is 2.22. The molecule has 0 amide bonds. The van der Waals surface area contributed by atoms with E-state index in [1.54, 1.807) is 6.33 Å². The number of halogens is 1. The third-order valence-corrected chi connectivity index (χ3v) is 3.89. The van der Waals surface area contributed by atoms with E-state index in [0.29, 0.717) is 24.4 Å². The average Bonchev–Trinajstić information content (AvgIpc) is 2.52. The largest absolute Gasteiger partial charge is 0.478 e. The summed E-state index contributed by atoms with van der Waals surface area (Å²) in [5.74, 6) is 2.22. The molecule has 1 aromatic heterocycles. The first-order valence-electron chi connectivity index (χ1n) is 7.62. The van der Waals surface area contributed by atoms with Crippen molar-refractivity contribution in [2.75, 3.05) is 23.9 Å². The maximum absolute atomic E-state index is 5.97. The van der Waals surface area contributed by atoms with Gasteiger partial charge in [-0.25, -0.2) is 9.97 Å². The molecule has 0 aromatic carbocycles. The Bertz CT molecular complexity index is 396. The second-order valence-corrected chi connectivity index (χ2v) is 5.62. The molecule has 0 atom stereocenters. The van der Waals surface area contributed by atoms with Crippen LogP contribution in [0.3, 0.4) is 0 Å². The van der Waals surface area contributed by atoms with Gasteiger partial charge in [0.2, 0.25) is 5.88 Å². The molecule has 2 rings (SSSR count). The molecule has 1 saturated carbocycles. The van der Waals surface area contributed by atoms with Crippen molar-refractivity contribution in [1.29, 1.82) is 0 Å². The van der Waals surface area contributed by atoms with Gasteiger partial charge < -0.3 is 9.64 Å². The number of hydrogen-bond acceptors (Lipinski definition) is 4. The van der Waals surface area contributed by atoms with E-state index < -0.39 is 0 Å². The van der Waals surface area contributed by atoms with Crippen LogP contribution in [0.2, 0.25) is 0 Å². The molecule has 1 aromatic rings. The first kappa shape index (κ1) is 15.4. The first-order valence-corrected chi connectivity index (χ1v) is 8.16. The van der Waals surface area contributed by atoms with Gasteiger partial charge in [0.15, 0.2) is 0 Å². The zero-order valence-electron chi connectivity index (χ0n) is 12.2. The molecular weight excluding hydrogens is 274 g/mol. The van der Waals surface area contributed by atoms with E-state index >= 15 is 0 Å². The van der Waals surface area contributed by atoms with Crippen LogP contribution in [0.15, 0.2) is 12.4 Å². The Kier molecular flexibility index (Phi) is 6.37. The summed E-state index contributed by atoms with van der Waals surface area (Å²) < 4.78 is 5.60. The normalized spacial score (nSPS) is 16.1. The molecular formula is C15H24ClN3O. The van der Waals surface area contributed by atoms with E-state index in [2.05, 4.69) is 21.8 Å². The highest BCUT2D eigenvalue weighted by Crippen LogP contribution is 2.27. The van der Waals surface area contributed by atoms with Gasteiger partial charge in [-0.3, -0.25) is 0 Å². The van der Waals surface area contributed by atoms with E-state index in [1.807, 2.05) is 6.07 Å². The Morgan fingerprint density at radius 2 is 2.10 bits per heavy atom. The molecule has 112 valence electrons. The van der Waals surface area contributed by atoms with E-state index in [-0.39, 0.29) is 0 Å². The minimum atomic E-state index is 0.552. The summed E-state index contributed by atoms with van der Waals surface area (Å²) in [5, 5.41) is 0. The molecule has 0 radical (unpaired) electrons. The second-order valence-electron chi connectivity index (χ2n) is 5.24. The first-order chi connectivity index (χ1) is 9.85. The Hall–Kier alpha value is -1.03. The molecule has 0 N–H and O–H groups in total. The zero-order chi connectivity index (χ0) is 14.2. The van der Waals surface area contributed by atoms with E-state index in [1.165, 1.54) is 32.1 Å². The van der Waals surface area contributed by atoms with Gasteiger partial charge in [0.25, 0.3) is 0 Å². The molecule has 1 aliphatic rings. The summed E-state index contributed by atoms with van der Waals surface area (Å²) in [5.41, 5.74) is 0. The van der Waals surface area contributed by atoms with Gasteiger partial charge in [-0.15, -0.1) is 11.6 Å². The fraction of sp³-hybridized carbons (Fsp3) is 0.733. The summed E-state index contributed by atoms with van der Waals surface area (Å²) in [4.78, 5) is 10.9. The summed E-state index contributed by atoms with van der Waals surface area (Å²) in [6.07, 6.45) is 8.97. The lowest BCUT2D eigenvalue weighted by Gasteiger charge is -2.34. The number of hydrogen-bond donors (Lipinski definition) is 0. The van der Waals surface area contributed by atoms with Crippen LogP contribution in [0, 0.1) is 0 Å². The fourth-order valence-corrected chi connectivity index (χ4v) is 2.92. The van der Waals surface area contributed by atoms with Crippen LogP contribution in [0.1, 0.15) is 45.4 Å². The van der Waals surface area contributed by atoms with Crippen molar-refractivity contribution in [2.45, 2.75) is 51.5 Å². The van der Waals surface area contributed by atoms with E-state index in [9.17, 15) is 0 Å². The summed E-state index contributed by atoms with van der Waals surface area (Å²) in [6.45, 7) is 3.61. The van der Waals surface area contributed by atoms with Gasteiger partial charge >= 0.3 is 0 Å². The zero-order valence-corrected chi connectivity index (χ0v) is 13.0. The van der Waals surface area contributed by atoms with Crippen molar-refractivity contribution in [3.05, 3.63) is 12.4 Å². The molecule has 0 aliphatic heterocycles. The molecule has 4 nitrogen and oxygen atoms in total. The maximum atomic E-state index is 5.97. The van der Waals surface area contributed by atoms with Gasteiger partial charge in [-0.2, -0.15) is 0 Å². The average molecular weight is 298 g/mol.